The number of para-hydroxylation sites is 1. The van der Waals surface area contributed by atoms with Crippen LogP contribution in [0.25, 0.3) is 0 Å². The molecule has 0 fully saturated rings. The van der Waals surface area contributed by atoms with Crippen LogP contribution in [0.15, 0.2) is 54.6 Å². The Morgan fingerprint density at radius 3 is 2.30 bits per heavy atom. The number of aliphatic hydroxyl groups is 2. The first-order valence-electron chi connectivity index (χ1n) is 7.62. The summed E-state index contributed by atoms with van der Waals surface area (Å²) in [5.41, 5.74) is 2.30. The summed E-state index contributed by atoms with van der Waals surface area (Å²) in [6.45, 7) is 1.62. The summed E-state index contributed by atoms with van der Waals surface area (Å²) in [5.74, 6) is -0.158. The maximum absolute atomic E-state index is 12.3. The van der Waals surface area contributed by atoms with Gasteiger partial charge in [0.15, 0.2) is 0 Å². The fourth-order valence-corrected chi connectivity index (χ4v) is 2.35. The summed E-state index contributed by atoms with van der Waals surface area (Å²) < 4.78 is 0. The number of hydrogen-bond donors (Lipinski definition) is 3. The molecule has 0 aliphatic rings. The zero-order valence-electron chi connectivity index (χ0n) is 13.0. The number of rotatable bonds is 8. The van der Waals surface area contributed by atoms with Crippen molar-refractivity contribution in [1.82, 2.24) is 4.90 Å². The van der Waals surface area contributed by atoms with Gasteiger partial charge in [0.05, 0.1) is 13.2 Å². The minimum atomic E-state index is -0.158. The summed E-state index contributed by atoms with van der Waals surface area (Å²) in [5, 5.41) is 21.0. The van der Waals surface area contributed by atoms with E-state index in [0.717, 1.165) is 11.3 Å². The predicted octanol–water partition coefficient (Wildman–Crippen LogP) is 1.73. The highest BCUT2D eigenvalue weighted by molar-refractivity contribution is 6.04. The average Bonchev–Trinajstić information content (AvgIpc) is 2.56. The molecule has 0 saturated heterocycles. The number of carbonyl (C=O) groups is 1. The summed E-state index contributed by atoms with van der Waals surface area (Å²) >= 11 is 0. The fraction of sp³-hybridized carbons (Fsp3) is 0.278. The van der Waals surface area contributed by atoms with Gasteiger partial charge in [-0.15, -0.1) is 0 Å². The van der Waals surface area contributed by atoms with Crippen LogP contribution in [0.4, 0.5) is 5.69 Å². The Morgan fingerprint density at radius 1 is 0.957 bits per heavy atom. The summed E-state index contributed by atoms with van der Waals surface area (Å²) in [6, 6.07) is 16.7. The zero-order valence-corrected chi connectivity index (χ0v) is 13.0. The molecule has 0 spiro atoms. The molecule has 1 amide bonds. The van der Waals surface area contributed by atoms with Crippen molar-refractivity contribution >= 4 is 11.6 Å². The van der Waals surface area contributed by atoms with Gasteiger partial charge in [-0.3, -0.25) is 9.69 Å². The van der Waals surface area contributed by atoms with E-state index in [9.17, 15) is 4.79 Å². The van der Waals surface area contributed by atoms with Crippen molar-refractivity contribution in [3.63, 3.8) is 0 Å². The highest BCUT2D eigenvalue weighted by atomic mass is 16.3. The first-order chi connectivity index (χ1) is 11.2. The lowest BCUT2D eigenvalue weighted by atomic mass is 10.1. The molecule has 3 N–H and O–H groups in total. The number of anilines is 1. The molecule has 23 heavy (non-hydrogen) atoms. The molecule has 2 aromatic carbocycles. The molecular weight excluding hydrogens is 292 g/mol. The second kappa shape index (κ2) is 9.05. The molecule has 5 heteroatoms. The van der Waals surface area contributed by atoms with Crippen LogP contribution in [0.2, 0.25) is 0 Å². The van der Waals surface area contributed by atoms with Crippen LogP contribution >= 0.6 is 0 Å². The maximum atomic E-state index is 12.3. The number of amides is 1. The Kier molecular flexibility index (Phi) is 6.75. The van der Waals surface area contributed by atoms with E-state index in [1.165, 1.54) is 0 Å². The largest absolute Gasteiger partial charge is 0.395 e. The SMILES string of the molecule is O=C(Nc1ccccc1)c1cccc(CN(CCO)CCO)c1. The molecule has 0 unspecified atom stereocenters. The van der Waals surface area contributed by atoms with Gasteiger partial charge in [-0.1, -0.05) is 30.3 Å². The molecular formula is C18H22N2O3. The zero-order chi connectivity index (χ0) is 16.5. The predicted molar refractivity (Wildman–Crippen MR) is 90.3 cm³/mol. The van der Waals surface area contributed by atoms with Crippen molar-refractivity contribution < 1.29 is 15.0 Å². The van der Waals surface area contributed by atoms with Crippen LogP contribution in [0.3, 0.4) is 0 Å². The normalized spacial score (nSPS) is 10.7. The van der Waals surface area contributed by atoms with E-state index in [2.05, 4.69) is 5.32 Å². The molecule has 122 valence electrons. The fourth-order valence-electron chi connectivity index (χ4n) is 2.35. The standard InChI is InChI=1S/C18H22N2O3/c21-11-9-20(10-12-22)14-15-5-4-6-16(13-15)18(23)19-17-7-2-1-3-8-17/h1-8,13,21-22H,9-12,14H2,(H,19,23). The Balaban J connectivity index is 2.05. The molecule has 5 nitrogen and oxygen atoms in total. The quantitative estimate of drug-likeness (QED) is 0.694. The van der Waals surface area contributed by atoms with E-state index < -0.39 is 0 Å². The van der Waals surface area contributed by atoms with Gasteiger partial charge in [0, 0.05) is 30.9 Å². The van der Waals surface area contributed by atoms with E-state index in [0.29, 0.717) is 25.2 Å². The number of hydrogen-bond acceptors (Lipinski definition) is 4. The number of benzene rings is 2. The van der Waals surface area contributed by atoms with E-state index in [-0.39, 0.29) is 19.1 Å². The van der Waals surface area contributed by atoms with Crippen LogP contribution in [0, 0.1) is 0 Å². The van der Waals surface area contributed by atoms with Crippen LogP contribution in [-0.2, 0) is 6.54 Å². The monoisotopic (exact) mass is 314 g/mol. The smallest absolute Gasteiger partial charge is 0.255 e. The van der Waals surface area contributed by atoms with E-state index >= 15 is 0 Å². The molecule has 2 rings (SSSR count). The van der Waals surface area contributed by atoms with Crippen LogP contribution in [-0.4, -0.2) is 47.3 Å². The number of aliphatic hydroxyl groups excluding tert-OH is 2. The Bertz CT molecular complexity index is 611. The van der Waals surface area contributed by atoms with Gasteiger partial charge in [-0.25, -0.2) is 0 Å². The van der Waals surface area contributed by atoms with Crippen molar-refractivity contribution in [2.75, 3.05) is 31.6 Å². The van der Waals surface area contributed by atoms with Crippen molar-refractivity contribution in [2.45, 2.75) is 6.54 Å². The molecule has 2 aromatic rings. The number of carbonyl (C=O) groups excluding carboxylic acids is 1. The van der Waals surface area contributed by atoms with Gasteiger partial charge in [-0.05, 0) is 29.8 Å². The van der Waals surface area contributed by atoms with Gasteiger partial charge in [-0.2, -0.15) is 0 Å². The molecule has 0 atom stereocenters. The average molecular weight is 314 g/mol. The number of nitrogens with zero attached hydrogens (tertiary/aromatic N) is 1. The molecule has 0 aliphatic heterocycles. The molecule has 0 radical (unpaired) electrons. The first kappa shape index (κ1) is 17.1. The van der Waals surface area contributed by atoms with Gasteiger partial charge >= 0.3 is 0 Å². The van der Waals surface area contributed by atoms with Crippen molar-refractivity contribution in [1.29, 1.82) is 0 Å². The van der Waals surface area contributed by atoms with Crippen molar-refractivity contribution in [2.24, 2.45) is 0 Å². The topological polar surface area (TPSA) is 72.8 Å². The first-order valence-corrected chi connectivity index (χ1v) is 7.62. The molecule has 0 aromatic heterocycles. The van der Waals surface area contributed by atoms with E-state index in [1.807, 2.05) is 53.4 Å². The summed E-state index contributed by atoms with van der Waals surface area (Å²) in [6.07, 6.45) is 0. The van der Waals surface area contributed by atoms with Crippen LogP contribution in [0.1, 0.15) is 15.9 Å². The summed E-state index contributed by atoms with van der Waals surface area (Å²) in [4.78, 5) is 14.2. The van der Waals surface area contributed by atoms with Crippen LogP contribution < -0.4 is 5.32 Å². The number of nitrogens with one attached hydrogen (secondary N) is 1. The Labute approximate surface area is 136 Å². The Morgan fingerprint density at radius 2 is 1.65 bits per heavy atom. The molecule has 0 aliphatic carbocycles. The van der Waals surface area contributed by atoms with Crippen LogP contribution in [0.5, 0.6) is 0 Å². The lowest BCUT2D eigenvalue weighted by Crippen LogP contribution is -2.29. The van der Waals surface area contributed by atoms with Gasteiger partial charge in [0.1, 0.15) is 0 Å². The third-order valence-corrected chi connectivity index (χ3v) is 3.46. The second-order valence-corrected chi connectivity index (χ2v) is 5.24. The molecule has 0 heterocycles. The lowest BCUT2D eigenvalue weighted by molar-refractivity contribution is 0.102. The molecule has 0 bridgehead atoms. The minimum absolute atomic E-state index is 0.0359. The lowest BCUT2D eigenvalue weighted by Gasteiger charge is -2.20. The third-order valence-electron chi connectivity index (χ3n) is 3.46. The second-order valence-electron chi connectivity index (χ2n) is 5.24. The van der Waals surface area contributed by atoms with E-state index in [4.69, 9.17) is 10.2 Å². The van der Waals surface area contributed by atoms with Gasteiger partial charge in [0.25, 0.3) is 5.91 Å². The summed E-state index contributed by atoms with van der Waals surface area (Å²) in [7, 11) is 0. The highest BCUT2D eigenvalue weighted by Gasteiger charge is 2.09. The third kappa shape index (κ3) is 5.49. The minimum Gasteiger partial charge on any atom is -0.395 e. The van der Waals surface area contributed by atoms with Crippen molar-refractivity contribution in [3.05, 3.63) is 65.7 Å². The highest BCUT2D eigenvalue weighted by Crippen LogP contribution is 2.12. The molecule has 0 saturated carbocycles. The Hall–Kier alpha value is -2.21. The maximum Gasteiger partial charge on any atom is 0.255 e. The van der Waals surface area contributed by atoms with Crippen molar-refractivity contribution in [3.8, 4) is 0 Å². The van der Waals surface area contributed by atoms with E-state index in [1.54, 1.807) is 6.07 Å². The van der Waals surface area contributed by atoms with Gasteiger partial charge in [0.2, 0.25) is 0 Å². The van der Waals surface area contributed by atoms with Gasteiger partial charge < -0.3 is 15.5 Å².